The van der Waals surface area contributed by atoms with Crippen LogP contribution >= 0.6 is 11.6 Å². The fourth-order valence-corrected chi connectivity index (χ4v) is 1.82. The Balaban J connectivity index is 2.05. The summed E-state index contributed by atoms with van der Waals surface area (Å²) in [5.41, 5.74) is -0.560. The van der Waals surface area contributed by atoms with Crippen molar-refractivity contribution in [3.05, 3.63) is 53.1 Å². The maximum atomic E-state index is 12.4. The number of para-hydroxylation sites is 1. The van der Waals surface area contributed by atoms with Gasteiger partial charge in [0, 0.05) is 5.69 Å². The van der Waals surface area contributed by atoms with Crippen LogP contribution in [0.3, 0.4) is 0 Å². The summed E-state index contributed by atoms with van der Waals surface area (Å²) in [6, 6.07) is 7.62. The first-order valence-corrected chi connectivity index (χ1v) is 6.38. The van der Waals surface area contributed by atoms with Gasteiger partial charge in [-0.3, -0.25) is 0 Å². The van der Waals surface area contributed by atoms with Crippen LogP contribution in [-0.4, -0.2) is 11.1 Å². The number of benzene rings is 2. The van der Waals surface area contributed by atoms with E-state index in [0.29, 0.717) is 0 Å². The average Bonchev–Trinajstić information content (AvgIpc) is 2.43. The first-order valence-electron chi connectivity index (χ1n) is 6.00. The zero-order valence-electron chi connectivity index (χ0n) is 10.9. The molecule has 0 aliphatic rings. The Labute approximate surface area is 128 Å². The monoisotopic (exact) mass is 330 g/mol. The molecule has 0 fully saturated rings. The lowest BCUT2D eigenvalue weighted by Gasteiger charge is -2.11. The van der Waals surface area contributed by atoms with Crippen molar-refractivity contribution in [3.8, 4) is 5.75 Å². The van der Waals surface area contributed by atoms with Gasteiger partial charge in [-0.05, 0) is 36.4 Å². The Morgan fingerprint density at radius 3 is 2.27 bits per heavy atom. The molecule has 0 bridgehead atoms. The molecule has 0 unspecified atom stereocenters. The van der Waals surface area contributed by atoms with Gasteiger partial charge in [-0.15, -0.1) is 0 Å². The van der Waals surface area contributed by atoms with Crippen molar-refractivity contribution in [1.82, 2.24) is 0 Å². The van der Waals surface area contributed by atoms with Crippen LogP contribution in [0.25, 0.3) is 0 Å². The molecule has 0 radical (unpaired) electrons. The molecule has 8 heteroatoms. The highest BCUT2D eigenvalue weighted by molar-refractivity contribution is 6.32. The minimum absolute atomic E-state index is 0.0623. The normalized spacial score (nSPS) is 11.1. The van der Waals surface area contributed by atoms with E-state index in [1.807, 2.05) is 0 Å². The number of phenols is 1. The lowest BCUT2D eigenvalue weighted by atomic mass is 10.2. The average molecular weight is 331 g/mol. The van der Waals surface area contributed by atoms with Gasteiger partial charge in [-0.1, -0.05) is 17.7 Å². The summed E-state index contributed by atoms with van der Waals surface area (Å²) < 4.78 is 37.2. The molecule has 0 saturated carbocycles. The number of hydrogen-bond donors (Lipinski definition) is 3. The zero-order valence-corrected chi connectivity index (χ0v) is 11.7. The number of anilines is 2. The van der Waals surface area contributed by atoms with E-state index in [9.17, 15) is 23.1 Å². The first kappa shape index (κ1) is 16.0. The summed E-state index contributed by atoms with van der Waals surface area (Å²) in [6.45, 7) is 0. The summed E-state index contributed by atoms with van der Waals surface area (Å²) in [7, 11) is 0. The molecular weight excluding hydrogens is 321 g/mol. The van der Waals surface area contributed by atoms with E-state index in [2.05, 4.69) is 10.6 Å². The molecule has 0 heterocycles. The second-order valence-electron chi connectivity index (χ2n) is 4.29. The van der Waals surface area contributed by atoms with Crippen LogP contribution in [0.5, 0.6) is 5.75 Å². The van der Waals surface area contributed by atoms with Gasteiger partial charge in [0.1, 0.15) is 0 Å². The van der Waals surface area contributed by atoms with E-state index in [0.717, 1.165) is 24.3 Å². The molecule has 0 saturated heterocycles. The number of phenolic OH excluding ortho intramolecular Hbond substituents is 1. The van der Waals surface area contributed by atoms with Crippen LogP contribution < -0.4 is 10.6 Å². The number of nitrogens with one attached hydrogen (secondary N) is 2. The highest BCUT2D eigenvalue weighted by Crippen LogP contribution is 2.32. The van der Waals surface area contributed by atoms with E-state index in [1.165, 1.54) is 18.2 Å². The minimum atomic E-state index is -4.44. The summed E-state index contributed by atoms with van der Waals surface area (Å²) in [5.74, 6) is -0.299. The summed E-state index contributed by atoms with van der Waals surface area (Å²) >= 11 is 5.69. The van der Waals surface area contributed by atoms with Crippen LogP contribution in [0.1, 0.15) is 5.56 Å². The summed E-state index contributed by atoms with van der Waals surface area (Å²) in [6.07, 6.45) is -4.44. The molecule has 2 aromatic rings. The molecule has 116 valence electrons. The molecule has 0 aliphatic heterocycles. The highest BCUT2D eigenvalue weighted by atomic mass is 35.5. The first-order chi connectivity index (χ1) is 10.3. The number of amides is 2. The van der Waals surface area contributed by atoms with Crippen LogP contribution in [0, 0.1) is 0 Å². The Bertz CT molecular complexity index is 687. The topological polar surface area (TPSA) is 61.4 Å². The third kappa shape index (κ3) is 3.82. The molecule has 22 heavy (non-hydrogen) atoms. The zero-order chi connectivity index (χ0) is 16.3. The predicted molar refractivity (Wildman–Crippen MR) is 77.2 cm³/mol. The molecule has 2 aromatic carbocycles. The van der Waals surface area contributed by atoms with Crippen LogP contribution in [0.4, 0.5) is 29.3 Å². The lowest BCUT2D eigenvalue weighted by molar-refractivity contribution is -0.137. The number of aromatic hydroxyl groups is 1. The van der Waals surface area contributed by atoms with Gasteiger partial charge in [-0.25, -0.2) is 4.79 Å². The summed E-state index contributed by atoms with van der Waals surface area (Å²) in [4.78, 5) is 11.7. The minimum Gasteiger partial charge on any atom is -0.504 e. The van der Waals surface area contributed by atoms with Gasteiger partial charge in [0.15, 0.2) is 5.75 Å². The number of alkyl halides is 3. The maximum absolute atomic E-state index is 12.4. The SMILES string of the molecule is O=C(Nc1ccc(C(F)(F)F)cc1)Nc1cccc(Cl)c1O. The molecular formula is C14H10ClF3N2O2. The molecule has 2 rings (SSSR count). The molecule has 0 atom stereocenters. The van der Waals surface area contributed by atoms with Crippen molar-refractivity contribution in [2.24, 2.45) is 0 Å². The van der Waals surface area contributed by atoms with E-state index in [1.54, 1.807) is 0 Å². The Kier molecular flexibility index (Phi) is 4.46. The Morgan fingerprint density at radius 2 is 1.68 bits per heavy atom. The lowest BCUT2D eigenvalue weighted by Crippen LogP contribution is -2.19. The maximum Gasteiger partial charge on any atom is 0.416 e. The molecule has 3 N–H and O–H groups in total. The quantitative estimate of drug-likeness (QED) is 0.698. The van der Waals surface area contributed by atoms with Gasteiger partial charge in [0.05, 0.1) is 16.3 Å². The van der Waals surface area contributed by atoms with Crippen LogP contribution in [-0.2, 0) is 6.18 Å². The number of hydrogen-bond acceptors (Lipinski definition) is 2. The number of urea groups is 1. The third-order valence-corrected chi connectivity index (χ3v) is 3.01. The van der Waals surface area contributed by atoms with E-state index >= 15 is 0 Å². The van der Waals surface area contributed by atoms with Gasteiger partial charge >= 0.3 is 12.2 Å². The van der Waals surface area contributed by atoms with Gasteiger partial charge in [0.2, 0.25) is 0 Å². The number of rotatable bonds is 2. The molecule has 0 aromatic heterocycles. The molecule has 2 amide bonds. The van der Waals surface area contributed by atoms with Crippen molar-refractivity contribution < 1.29 is 23.1 Å². The summed E-state index contributed by atoms with van der Waals surface area (Å²) in [5, 5.41) is 14.4. The fraction of sp³-hybridized carbons (Fsp3) is 0.0714. The number of carbonyl (C=O) groups excluding carboxylic acids is 1. The van der Waals surface area contributed by atoms with E-state index in [4.69, 9.17) is 11.6 Å². The molecule has 0 aliphatic carbocycles. The van der Waals surface area contributed by atoms with Gasteiger partial charge < -0.3 is 15.7 Å². The largest absolute Gasteiger partial charge is 0.504 e. The van der Waals surface area contributed by atoms with E-state index < -0.39 is 17.8 Å². The van der Waals surface area contributed by atoms with Gasteiger partial charge in [0.25, 0.3) is 0 Å². The molecule has 0 spiro atoms. The second-order valence-corrected chi connectivity index (χ2v) is 4.70. The van der Waals surface area contributed by atoms with E-state index in [-0.39, 0.29) is 22.1 Å². The Hall–Kier alpha value is -2.41. The van der Waals surface area contributed by atoms with Crippen LogP contribution in [0.2, 0.25) is 5.02 Å². The van der Waals surface area contributed by atoms with Crippen LogP contribution in [0.15, 0.2) is 42.5 Å². The number of halogens is 4. The van der Waals surface area contributed by atoms with Crippen molar-refractivity contribution in [2.45, 2.75) is 6.18 Å². The van der Waals surface area contributed by atoms with Crippen molar-refractivity contribution in [3.63, 3.8) is 0 Å². The third-order valence-electron chi connectivity index (χ3n) is 2.71. The van der Waals surface area contributed by atoms with Crippen molar-refractivity contribution in [1.29, 1.82) is 0 Å². The smallest absolute Gasteiger partial charge is 0.416 e. The fourth-order valence-electron chi connectivity index (χ4n) is 1.64. The second kappa shape index (κ2) is 6.15. The highest BCUT2D eigenvalue weighted by Gasteiger charge is 2.29. The predicted octanol–water partition coefficient (Wildman–Crippen LogP) is 4.71. The molecule has 4 nitrogen and oxygen atoms in total. The number of carbonyl (C=O) groups is 1. The Morgan fingerprint density at radius 1 is 1.05 bits per heavy atom. The van der Waals surface area contributed by atoms with Crippen molar-refractivity contribution >= 4 is 29.0 Å². The van der Waals surface area contributed by atoms with Gasteiger partial charge in [-0.2, -0.15) is 13.2 Å². The standard InChI is InChI=1S/C14H10ClF3N2O2/c15-10-2-1-3-11(12(10)21)20-13(22)19-9-6-4-8(5-7-9)14(16,17)18/h1-7,21H,(H2,19,20,22). The van der Waals surface area contributed by atoms with Crippen molar-refractivity contribution in [2.75, 3.05) is 10.6 Å².